The summed E-state index contributed by atoms with van der Waals surface area (Å²) in [5.74, 6) is -1.21. The first-order valence-electron chi connectivity index (χ1n) is 14.2. The van der Waals surface area contributed by atoms with Crippen LogP contribution in [0.25, 0.3) is 6.08 Å². The minimum absolute atomic E-state index is 0.233. The van der Waals surface area contributed by atoms with E-state index in [1.54, 1.807) is 30.3 Å². The standard InChI is InChI=1S/C36H30N2O5/c1-21-12-14-23(15-13-21)32(39)31-30(33(40)26-20-24(42-2)16-17-29(26)43-3)36(27-10-6-7-11-28(27)37-35(36)41)34-25-9-5-4-8-22(25)18-19-38(31)34/h4-20,30-31,34H,1-3H3,(H,37,41)/t30-,31-,34+,36+/m0/s1. The van der Waals surface area contributed by atoms with E-state index >= 15 is 4.79 Å². The topological polar surface area (TPSA) is 84.9 Å². The summed E-state index contributed by atoms with van der Waals surface area (Å²) in [4.78, 5) is 46.4. The molecule has 214 valence electrons. The third kappa shape index (κ3) is 3.77. The molecular formula is C36H30N2O5. The van der Waals surface area contributed by atoms with Gasteiger partial charge in [-0.25, -0.2) is 0 Å². The van der Waals surface area contributed by atoms with Crippen molar-refractivity contribution in [1.82, 2.24) is 4.90 Å². The molecular weight excluding hydrogens is 540 g/mol. The summed E-state index contributed by atoms with van der Waals surface area (Å²) >= 11 is 0. The average Bonchev–Trinajstić information content (AvgIpc) is 3.52. The van der Waals surface area contributed by atoms with Crippen LogP contribution < -0.4 is 14.8 Å². The highest BCUT2D eigenvalue weighted by Crippen LogP contribution is 2.62. The van der Waals surface area contributed by atoms with Crippen molar-refractivity contribution in [2.24, 2.45) is 5.92 Å². The van der Waals surface area contributed by atoms with E-state index in [9.17, 15) is 9.59 Å². The maximum absolute atomic E-state index is 15.1. The summed E-state index contributed by atoms with van der Waals surface area (Å²) in [7, 11) is 3.03. The molecule has 4 aromatic rings. The maximum Gasteiger partial charge on any atom is 0.238 e. The summed E-state index contributed by atoms with van der Waals surface area (Å²) in [6.45, 7) is 1.96. The highest BCUT2D eigenvalue weighted by Gasteiger charge is 2.70. The summed E-state index contributed by atoms with van der Waals surface area (Å²) in [6, 6.07) is 26.1. The Kier molecular flexibility index (Phi) is 6.20. The number of benzene rings is 4. The van der Waals surface area contributed by atoms with Gasteiger partial charge in [0.15, 0.2) is 11.6 Å². The normalized spacial score (nSPS) is 22.9. The van der Waals surface area contributed by atoms with Gasteiger partial charge in [0.05, 0.1) is 31.7 Å². The number of nitrogens with one attached hydrogen (secondary N) is 1. The predicted octanol–water partition coefficient (Wildman–Crippen LogP) is 5.99. The largest absolute Gasteiger partial charge is 0.497 e. The number of hydrogen-bond donors (Lipinski definition) is 1. The van der Waals surface area contributed by atoms with E-state index in [2.05, 4.69) is 5.32 Å². The SMILES string of the molecule is COc1ccc(OC)c(C(=O)[C@@H]2[C@@H](C(=O)c3ccc(C)cc3)N3C=Cc4ccccc4[C@@H]3[C@]23C(=O)Nc2ccccc23)c1. The number of carbonyl (C=O) groups is 3. The van der Waals surface area contributed by atoms with Gasteiger partial charge < -0.3 is 19.7 Å². The Morgan fingerprint density at radius 3 is 2.37 bits per heavy atom. The van der Waals surface area contributed by atoms with Crippen LogP contribution in [-0.4, -0.2) is 42.6 Å². The Hall–Kier alpha value is -5.17. The van der Waals surface area contributed by atoms with Crippen LogP contribution in [0.15, 0.2) is 97.2 Å². The Bertz CT molecular complexity index is 1830. The molecule has 1 fully saturated rings. The number of amides is 1. The Balaban J connectivity index is 1.55. The lowest BCUT2D eigenvalue weighted by molar-refractivity contribution is -0.122. The molecule has 1 N–H and O–H groups in total. The van der Waals surface area contributed by atoms with Gasteiger partial charge in [-0.15, -0.1) is 0 Å². The van der Waals surface area contributed by atoms with Crippen molar-refractivity contribution in [2.75, 3.05) is 19.5 Å². The average molecular weight is 571 g/mol. The molecule has 0 bridgehead atoms. The molecule has 0 aromatic heterocycles. The Morgan fingerprint density at radius 1 is 0.860 bits per heavy atom. The van der Waals surface area contributed by atoms with Gasteiger partial charge in [0, 0.05) is 17.5 Å². The number of hydrogen-bond acceptors (Lipinski definition) is 6. The van der Waals surface area contributed by atoms with Crippen molar-refractivity contribution in [2.45, 2.75) is 24.4 Å². The van der Waals surface area contributed by atoms with Crippen LogP contribution in [-0.2, 0) is 10.2 Å². The predicted molar refractivity (Wildman–Crippen MR) is 163 cm³/mol. The monoisotopic (exact) mass is 570 g/mol. The molecule has 1 saturated heterocycles. The first kappa shape index (κ1) is 26.7. The molecule has 7 heteroatoms. The number of para-hydroxylation sites is 1. The zero-order valence-corrected chi connectivity index (χ0v) is 24.0. The zero-order chi connectivity index (χ0) is 29.9. The molecule has 0 radical (unpaired) electrons. The second-order valence-electron chi connectivity index (χ2n) is 11.2. The number of carbonyl (C=O) groups excluding carboxylic acids is 3. The third-order valence-corrected chi connectivity index (χ3v) is 9.13. The first-order valence-corrected chi connectivity index (χ1v) is 14.2. The smallest absolute Gasteiger partial charge is 0.238 e. The van der Waals surface area contributed by atoms with Gasteiger partial charge in [0.25, 0.3) is 0 Å². The van der Waals surface area contributed by atoms with Crippen molar-refractivity contribution in [3.8, 4) is 11.5 Å². The number of methoxy groups -OCH3 is 2. The number of anilines is 1. The minimum atomic E-state index is -1.42. The third-order valence-electron chi connectivity index (χ3n) is 9.13. The number of ketones is 2. The zero-order valence-electron chi connectivity index (χ0n) is 24.0. The van der Waals surface area contributed by atoms with Crippen LogP contribution >= 0.6 is 0 Å². The molecule has 1 spiro atoms. The summed E-state index contributed by atoms with van der Waals surface area (Å²) < 4.78 is 11.1. The molecule has 0 unspecified atom stereocenters. The second-order valence-corrected chi connectivity index (χ2v) is 11.2. The fraction of sp³-hybridized carbons (Fsp3) is 0.194. The molecule has 3 heterocycles. The molecule has 3 aliphatic heterocycles. The number of nitrogens with zero attached hydrogens (tertiary/aromatic N) is 1. The molecule has 0 saturated carbocycles. The van der Waals surface area contributed by atoms with Crippen LogP contribution in [0, 0.1) is 12.8 Å². The van der Waals surface area contributed by atoms with Crippen LogP contribution in [0.5, 0.6) is 11.5 Å². The summed E-state index contributed by atoms with van der Waals surface area (Å²) in [6.07, 6.45) is 3.82. The van der Waals surface area contributed by atoms with E-state index in [1.807, 2.05) is 84.8 Å². The van der Waals surface area contributed by atoms with E-state index in [0.717, 1.165) is 16.7 Å². The fourth-order valence-electron chi connectivity index (χ4n) is 7.23. The second kappa shape index (κ2) is 9.98. The Labute approximate surface area is 249 Å². The lowest BCUT2D eigenvalue weighted by atomic mass is 9.62. The molecule has 7 nitrogen and oxygen atoms in total. The van der Waals surface area contributed by atoms with Gasteiger partial charge in [-0.1, -0.05) is 72.3 Å². The number of rotatable bonds is 6. The molecule has 3 aliphatic rings. The van der Waals surface area contributed by atoms with Crippen LogP contribution in [0.2, 0.25) is 0 Å². The lowest BCUT2D eigenvalue weighted by Crippen LogP contribution is -2.49. The number of aryl methyl sites for hydroxylation is 1. The molecule has 4 atom stereocenters. The Morgan fingerprint density at radius 2 is 1.60 bits per heavy atom. The van der Waals surface area contributed by atoms with Crippen LogP contribution in [0.3, 0.4) is 0 Å². The number of Topliss-reactive ketones (excluding diaryl/α,β-unsaturated/α-hetero) is 2. The van der Waals surface area contributed by atoms with Crippen molar-refractivity contribution in [3.63, 3.8) is 0 Å². The van der Waals surface area contributed by atoms with Gasteiger partial charge in [-0.2, -0.15) is 0 Å². The maximum atomic E-state index is 15.1. The summed E-state index contributed by atoms with van der Waals surface area (Å²) in [5.41, 5.74) is 3.47. The van der Waals surface area contributed by atoms with Gasteiger partial charge in [0.1, 0.15) is 23.0 Å². The molecule has 4 aromatic carbocycles. The van der Waals surface area contributed by atoms with Gasteiger partial charge >= 0.3 is 0 Å². The highest BCUT2D eigenvalue weighted by atomic mass is 16.5. The van der Waals surface area contributed by atoms with Crippen molar-refractivity contribution < 1.29 is 23.9 Å². The lowest BCUT2D eigenvalue weighted by Gasteiger charge is -2.38. The number of fused-ring (bicyclic) bond motifs is 6. The molecule has 1 amide bonds. The molecule has 43 heavy (non-hydrogen) atoms. The van der Waals surface area contributed by atoms with Crippen molar-refractivity contribution in [1.29, 1.82) is 0 Å². The number of ether oxygens (including phenoxy) is 2. The van der Waals surface area contributed by atoms with E-state index < -0.39 is 23.4 Å². The van der Waals surface area contributed by atoms with Gasteiger partial charge in [0.2, 0.25) is 5.91 Å². The van der Waals surface area contributed by atoms with E-state index in [1.165, 1.54) is 14.2 Å². The molecule has 0 aliphatic carbocycles. The van der Waals surface area contributed by atoms with Crippen LogP contribution in [0.4, 0.5) is 5.69 Å². The van der Waals surface area contributed by atoms with E-state index in [0.29, 0.717) is 28.3 Å². The van der Waals surface area contributed by atoms with Gasteiger partial charge in [-0.05, 0) is 54.0 Å². The van der Waals surface area contributed by atoms with E-state index in [-0.39, 0.29) is 23.0 Å². The van der Waals surface area contributed by atoms with Crippen molar-refractivity contribution >= 4 is 29.2 Å². The fourth-order valence-corrected chi connectivity index (χ4v) is 7.23. The highest BCUT2D eigenvalue weighted by molar-refractivity contribution is 6.17. The first-order chi connectivity index (χ1) is 20.9. The van der Waals surface area contributed by atoms with Gasteiger partial charge in [-0.3, -0.25) is 14.4 Å². The van der Waals surface area contributed by atoms with Crippen LogP contribution in [0.1, 0.15) is 49.0 Å². The molecule has 7 rings (SSSR count). The van der Waals surface area contributed by atoms with E-state index in [4.69, 9.17) is 9.47 Å². The quantitative estimate of drug-likeness (QED) is 0.287. The minimum Gasteiger partial charge on any atom is -0.497 e. The summed E-state index contributed by atoms with van der Waals surface area (Å²) in [5, 5.41) is 3.08. The van der Waals surface area contributed by atoms with Crippen molar-refractivity contribution in [3.05, 3.63) is 131 Å².